The van der Waals surface area contributed by atoms with Crippen molar-refractivity contribution in [2.24, 2.45) is 20.5 Å². The van der Waals surface area contributed by atoms with E-state index >= 15 is 0 Å². The van der Waals surface area contributed by atoms with Crippen LogP contribution in [-0.2, 0) is 10.1 Å². The number of benzene rings is 4. The van der Waals surface area contributed by atoms with Gasteiger partial charge >= 0.3 is 12.0 Å². The number of aromatic carboxylic acids is 1. The van der Waals surface area contributed by atoms with Crippen LogP contribution in [0.5, 0.6) is 11.5 Å². The van der Waals surface area contributed by atoms with Gasteiger partial charge in [0, 0.05) is 11.8 Å². The first-order valence-electron chi connectivity index (χ1n) is 11.9. The number of anilines is 2. The average Bonchev–Trinajstić information content (AvgIpc) is 2.96. The van der Waals surface area contributed by atoms with Gasteiger partial charge < -0.3 is 25.6 Å². The highest BCUT2D eigenvalue weighted by atomic mass is 32.2. The van der Waals surface area contributed by atoms with Crippen molar-refractivity contribution in [1.82, 2.24) is 0 Å². The lowest BCUT2D eigenvalue weighted by Gasteiger charge is -2.11. The van der Waals surface area contributed by atoms with E-state index in [-0.39, 0.29) is 33.3 Å². The molecule has 14 nitrogen and oxygen atoms in total. The van der Waals surface area contributed by atoms with Crippen molar-refractivity contribution >= 4 is 56.2 Å². The number of carboxylic acid groups (broad SMARTS) is 1. The number of carbonyl (C=O) groups is 2. The summed E-state index contributed by atoms with van der Waals surface area (Å²) in [6.07, 6.45) is 0. The molecule has 214 valence electrons. The smallest absolute Gasteiger partial charge is 0.339 e. The van der Waals surface area contributed by atoms with E-state index in [9.17, 15) is 27.7 Å². The molecule has 0 aromatic heterocycles. The second kappa shape index (κ2) is 12.7. The normalized spacial score (nSPS) is 11.5. The Kier molecular flexibility index (Phi) is 8.84. The van der Waals surface area contributed by atoms with E-state index in [1.165, 1.54) is 49.6 Å². The molecule has 0 heterocycles. The van der Waals surface area contributed by atoms with Gasteiger partial charge in [0.15, 0.2) is 0 Å². The van der Waals surface area contributed by atoms with Crippen molar-refractivity contribution < 1.29 is 37.5 Å². The molecule has 4 aromatic rings. The van der Waals surface area contributed by atoms with Crippen LogP contribution in [0.15, 0.2) is 110 Å². The maximum Gasteiger partial charge on any atom is 0.339 e. The molecule has 0 aliphatic carbocycles. The van der Waals surface area contributed by atoms with E-state index in [0.717, 1.165) is 6.07 Å². The summed E-state index contributed by atoms with van der Waals surface area (Å²) in [5.41, 5.74) is 1.71. The number of hydrogen-bond donors (Lipinski definition) is 5. The summed E-state index contributed by atoms with van der Waals surface area (Å²) in [5.74, 6) is -1.39. The summed E-state index contributed by atoms with van der Waals surface area (Å²) in [7, 11) is -2.97. The van der Waals surface area contributed by atoms with Crippen LogP contribution in [0.3, 0.4) is 0 Å². The minimum atomic E-state index is -4.38. The lowest BCUT2D eigenvalue weighted by molar-refractivity contribution is 0.0693. The number of rotatable bonds is 9. The molecule has 0 saturated carbocycles. The number of ether oxygens (including phenoxy) is 1. The predicted molar refractivity (Wildman–Crippen MR) is 152 cm³/mol. The van der Waals surface area contributed by atoms with Crippen LogP contribution in [0.1, 0.15) is 10.4 Å². The molecule has 0 atom stereocenters. The number of urea groups is 1. The largest absolute Gasteiger partial charge is 0.507 e. The van der Waals surface area contributed by atoms with Crippen molar-refractivity contribution in [1.29, 1.82) is 0 Å². The van der Waals surface area contributed by atoms with Crippen LogP contribution < -0.4 is 15.4 Å². The van der Waals surface area contributed by atoms with Crippen molar-refractivity contribution in [3.05, 3.63) is 90.5 Å². The Balaban J connectivity index is 1.38. The van der Waals surface area contributed by atoms with Gasteiger partial charge in [-0.05, 0) is 72.8 Å². The highest BCUT2D eigenvalue weighted by Gasteiger charge is 2.12. The molecule has 42 heavy (non-hydrogen) atoms. The molecule has 15 heteroatoms. The molecule has 5 N–H and O–H groups in total. The molecule has 0 saturated heterocycles. The first-order chi connectivity index (χ1) is 20.0. The van der Waals surface area contributed by atoms with Gasteiger partial charge in [0.05, 0.1) is 40.4 Å². The lowest BCUT2D eigenvalue weighted by Crippen LogP contribution is -2.19. The summed E-state index contributed by atoms with van der Waals surface area (Å²) in [6.45, 7) is 0. The summed E-state index contributed by atoms with van der Waals surface area (Å²) < 4.78 is 37.1. The monoisotopic (exact) mass is 590 g/mol. The van der Waals surface area contributed by atoms with Crippen LogP contribution >= 0.6 is 0 Å². The zero-order valence-corrected chi connectivity index (χ0v) is 22.5. The molecule has 0 radical (unpaired) electrons. The Morgan fingerprint density at radius 3 is 2.00 bits per heavy atom. The number of nitrogens with one attached hydrogen (secondary N) is 2. The highest BCUT2D eigenvalue weighted by molar-refractivity contribution is 7.85. The molecule has 0 bridgehead atoms. The van der Waals surface area contributed by atoms with Crippen molar-refractivity contribution in [2.45, 2.75) is 4.90 Å². The SMILES string of the molecule is COc1cc(N=Nc2cccc(S(=O)(=O)O)c2)ccc1NC(=O)Nc1ccc(N=Nc2ccc(O)c(C(=O)O)c2)cc1. The molecule has 0 spiro atoms. The minimum absolute atomic E-state index is 0.200. The van der Waals surface area contributed by atoms with Crippen molar-refractivity contribution in [3.8, 4) is 11.5 Å². The number of carbonyl (C=O) groups excluding carboxylic acids is 1. The zero-order valence-electron chi connectivity index (χ0n) is 21.7. The first-order valence-corrected chi connectivity index (χ1v) is 13.3. The molecule has 0 fully saturated rings. The van der Waals surface area contributed by atoms with E-state index in [1.54, 1.807) is 36.4 Å². The number of azo groups is 2. The van der Waals surface area contributed by atoms with Gasteiger partial charge in [0.1, 0.15) is 17.1 Å². The summed E-state index contributed by atoms with van der Waals surface area (Å²) in [5, 5.41) is 40.0. The van der Waals surface area contributed by atoms with E-state index in [1.807, 2.05) is 0 Å². The molecule has 2 amide bonds. The van der Waals surface area contributed by atoms with E-state index < -0.39 is 22.1 Å². The van der Waals surface area contributed by atoms with Gasteiger partial charge in [-0.1, -0.05) is 6.07 Å². The number of methoxy groups -OCH3 is 1. The van der Waals surface area contributed by atoms with Crippen LogP contribution in [0.25, 0.3) is 0 Å². The summed E-state index contributed by atoms with van der Waals surface area (Å²) in [6, 6.07) is 19.5. The number of aromatic hydroxyl groups is 1. The third kappa shape index (κ3) is 7.71. The highest BCUT2D eigenvalue weighted by Crippen LogP contribution is 2.31. The third-order valence-electron chi connectivity index (χ3n) is 5.45. The first kappa shape index (κ1) is 29.3. The molecule has 0 unspecified atom stereocenters. The Bertz CT molecular complexity index is 1810. The number of hydrogen-bond acceptors (Lipinski definition) is 10. The molecule has 4 aromatic carbocycles. The second-order valence-electron chi connectivity index (χ2n) is 8.39. The standard InChI is InChI=1S/C27H22N6O8S/c1-41-25-15-20(33-31-18-3-2-4-21(13-18)42(38,39)40)9-11-23(25)29-27(37)28-16-5-7-17(8-6-16)30-32-19-10-12-24(34)22(14-19)26(35)36/h2-15,34H,1H3,(H,35,36)(H2,28,29,37)(H,38,39,40). The van der Waals surface area contributed by atoms with Gasteiger partial charge in [0.2, 0.25) is 0 Å². The van der Waals surface area contributed by atoms with E-state index in [0.29, 0.717) is 22.7 Å². The second-order valence-corrected chi connectivity index (χ2v) is 9.81. The fraction of sp³-hybridized carbons (Fsp3) is 0.0370. The molecular weight excluding hydrogens is 568 g/mol. The summed E-state index contributed by atoms with van der Waals surface area (Å²) in [4.78, 5) is 23.4. The van der Waals surface area contributed by atoms with Crippen LogP contribution in [0.4, 0.5) is 38.9 Å². The molecule has 0 aliphatic heterocycles. The fourth-order valence-electron chi connectivity index (χ4n) is 3.44. The van der Waals surface area contributed by atoms with Gasteiger partial charge in [-0.2, -0.15) is 28.9 Å². The Morgan fingerprint density at radius 1 is 0.762 bits per heavy atom. The van der Waals surface area contributed by atoms with E-state index in [4.69, 9.17) is 9.84 Å². The van der Waals surface area contributed by atoms with Crippen LogP contribution in [0.2, 0.25) is 0 Å². The minimum Gasteiger partial charge on any atom is -0.507 e. The maximum atomic E-state index is 12.6. The topological polar surface area (TPSA) is 212 Å². The van der Waals surface area contributed by atoms with Crippen molar-refractivity contribution in [3.63, 3.8) is 0 Å². The lowest BCUT2D eigenvalue weighted by atomic mass is 10.2. The Hall–Kier alpha value is -5.67. The number of carboxylic acids is 1. The third-order valence-corrected chi connectivity index (χ3v) is 6.30. The molecule has 4 rings (SSSR count). The van der Waals surface area contributed by atoms with Gasteiger partial charge in [-0.25, -0.2) is 9.59 Å². The summed E-state index contributed by atoms with van der Waals surface area (Å²) >= 11 is 0. The van der Waals surface area contributed by atoms with Gasteiger partial charge in [0.25, 0.3) is 10.1 Å². The van der Waals surface area contributed by atoms with Crippen molar-refractivity contribution in [2.75, 3.05) is 17.7 Å². The maximum absolute atomic E-state index is 12.6. The number of amides is 2. The average molecular weight is 591 g/mol. The Labute approximate surface area is 238 Å². The van der Waals surface area contributed by atoms with Crippen LogP contribution in [0, 0.1) is 0 Å². The van der Waals surface area contributed by atoms with Crippen LogP contribution in [-0.4, -0.2) is 42.3 Å². The van der Waals surface area contributed by atoms with Gasteiger partial charge in [-0.3, -0.25) is 4.55 Å². The zero-order chi connectivity index (χ0) is 30.3. The molecular formula is C27H22N6O8S. The fourth-order valence-corrected chi connectivity index (χ4v) is 3.96. The molecule has 0 aliphatic rings. The number of nitrogens with zero attached hydrogens (tertiary/aromatic N) is 4. The predicted octanol–water partition coefficient (Wildman–Crippen LogP) is 6.82. The Morgan fingerprint density at radius 2 is 1.36 bits per heavy atom. The van der Waals surface area contributed by atoms with Gasteiger partial charge in [-0.15, -0.1) is 0 Å². The number of phenols is 1. The quantitative estimate of drug-likeness (QED) is 0.103. The van der Waals surface area contributed by atoms with E-state index in [2.05, 4.69) is 31.1 Å².